The van der Waals surface area contributed by atoms with Crippen molar-refractivity contribution in [1.82, 2.24) is 14.7 Å². The molecule has 0 bridgehead atoms. The number of rotatable bonds is 5. The maximum atomic E-state index is 10.4. The van der Waals surface area contributed by atoms with E-state index in [2.05, 4.69) is 23.8 Å². The lowest BCUT2D eigenvalue weighted by Gasteiger charge is -2.37. The fraction of sp³-hybridized carbons (Fsp3) is 0.786. The predicted octanol–water partition coefficient (Wildman–Crippen LogP) is 2.72. The highest BCUT2D eigenvalue weighted by molar-refractivity contribution is 6.30. The summed E-state index contributed by atoms with van der Waals surface area (Å²) in [6.07, 6.45) is 7.37. The highest BCUT2D eigenvalue weighted by Crippen LogP contribution is 2.25. The van der Waals surface area contributed by atoms with E-state index in [1.54, 1.807) is 6.20 Å². The zero-order chi connectivity index (χ0) is 13.9. The lowest BCUT2D eigenvalue weighted by Crippen LogP contribution is -2.45. The zero-order valence-corrected chi connectivity index (χ0v) is 12.6. The summed E-state index contributed by atoms with van der Waals surface area (Å²) in [5.74, 6) is 0. The van der Waals surface area contributed by atoms with E-state index in [0.29, 0.717) is 11.1 Å². The Morgan fingerprint density at radius 3 is 2.47 bits per heavy atom. The summed E-state index contributed by atoms with van der Waals surface area (Å²) in [5.41, 5.74) is -0.526. The van der Waals surface area contributed by atoms with Crippen molar-refractivity contribution in [3.05, 3.63) is 17.4 Å². The van der Waals surface area contributed by atoms with Crippen molar-refractivity contribution < 1.29 is 5.11 Å². The number of hydrogen-bond donors (Lipinski definition) is 1. The normalized spacial score (nSPS) is 18.9. The van der Waals surface area contributed by atoms with Crippen LogP contribution in [0.15, 0.2) is 12.4 Å². The third-order valence-electron chi connectivity index (χ3n) is 4.34. The van der Waals surface area contributed by atoms with E-state index in [1.807, 2.05) is 10.9 Å². The molecule has 2 rings (SSSR count). The Morgan fingerprint density at radius 2 is 2.00 bits per heavy atom. The number of likely N-dealkylation sites (tertiary alicyclic amines) is 1. The van der Waals surface area contributed by atoms with Gasteiger partial charge in [0, 0.05) is 25.8 Å². The number of hydrogen-bond acceptors (Lipinski definition) is 3. The molecule has 1 saturated heterocycles. The first-order chi connectivity index (χ1) is 9.06. The Labute approximate surface area is 120 Å². The molecule has 1 aliphatic heterocycles. The predicted molar refractivity (Wildman–Crippen MR) is 77.5 cm³/mol. The lowest BCUT2D eigenvalue weighted by molar-refractivity contribution is -0.0113. The van der Waals surface area contributed by atoms with Crippen LogP contribution >= 0.6 is 11.6 Å². The van der Waals surface area contributed by atoms with Crippen molar-refractivity contribution in [1.29, 1.82) is 0 Å². The molecule has 5 heteroatoms. The molecule has 0 atom stereocenters. The summed E-state index contributed by atoms with van der Waals surface area (Å²) in [6, 6.07) is 0.445. The summed E-state index contributed by atoms with van der Waals surface area (Å²) in [4.78, 5) is 2.37. The minimum Gasteiger partial charge on any atom is -0.389 e. The first kappa shape index (κ1) is 14.8. The second-order valence-electron chi connectivity index (χ2n) is 5.58. The van der Waals surface area contributed by atoms with Gasteiger partial charge in [-0.3, -0.25) is 4.68 Å². The first-order valence-corrected chi connectivity index (χ1v) is 7.58. The molecule has 1 N–H and O–H groups in total. The average Bonchev–Trinajstić information content (AvgIpc) is 2.86. The van der Waals surface area contributed by atoms with Crippen molar-refractivity contribution in [3.8, 4) is 0 Å². The molecule has 0 aromatic carbocycles. The largest absolute Gasteiger partial charge is 0.389 e. The van der Waals surface area contributed by atoms with Gasteiger partial charge < -0.3 is 10.0 Å². The Morgan fingerprint density at radius 1 is 1.37 bits per heavy atom. The fourth-order valence-corrected chi connectivity index (χ4v) is 2.89. The summed E-state index contributed by atoms with van der Waals surface area (Å²) in [5, 5.41) is 15.4. The van der Waals surface area contributed by atoms with Gasteiger partial charge in [0.15, 0.2) is 0 Å². The summed E-state index contributed by atoms with van der Waals surface area (Å²) in [7, 11) is 0. The van der Waals surface area contributed by atoms with Gasteiger partial charge in [-0.1, -0.05) is 25.4 Å². The Balaban J connectivity index is 1.85. The molecule has 0 aliphatic carbocycles. The third-order valence-corrected chi connectivity index (χ3v) is 4.53. The van der Waals surface area contributed by atoms with Crippen molar-refractivity contribution in [2.75, 3.05) is 19.6 Å². The minimum absolute atomic E-state index is 0.445. The molecular weight excluding hydrogens is 262 g/mol. The van der Waals surface area contributed by atoms with Crippen LogP contribution in [-0.4, -0.2) is 45.0 Å². The van der Waals surface area contributed by atoms with Crippen LogP contribution in [0, 0.1) is 0 Å². The maximum absolute atomic E-state index is 10.4. The summed E-state index contributed by atoms with van der Waals surface area (Å²) in [6.45, 7) is 6.94. The van der Waals surface area contributed by atoms with Gasteiger partial charge in [0.05, 0.1) is 22.9 Å². The summed E-state index contributed by atoms with van der Waals surface area (Å²) >= 11 is 5.91. The summed E-state index contributed by atoms with van der Waals surface area (Å²) < 4.78 is 1.98. The number of aromatic nitrogens is 2. The quantitative estimate of drug-likeness (QED) is 0.904. The van der Waals surface area contributed by atoms with Crippen molar-refractivity contribution in [2.45, 2.75) is 51.2 Å². The molecule has 2 heterocycles. The molecule has 0 amide bonds. The molecule has 1 aromatic rings. The Hall–Kier alpha value is -0.580. The van der Waals surface area contributed by atoms with Gasteiger partial charge in [-0.15, -0.1) is 0 Å². The van der Waals surface area contributed by atoms with E-state index in [1.165, 1.54) is 0 Å². The van der Waals surface area contributed by atoms with Gasteiger partial charge in [-0.25, -0.2) is 0 Å². The second kappa shape index (κ2) is 6.25. The molecular formula is C14H24ClN3O. The van der Waals surface area contributed by atoms with E-state index >= 15 is 0 Å². The van der Waals surface area contributed by atoms with Gasteiger partial charge in [0.1, 0.15) is 0 Å². The number of nitrogens with zero attached hydrogens (tertiary/aromatic N) is 3. The van der Waals surface area contributed by atoms with Crippen molar-refractivity contribution in [2.24, 2.45) is 0 Å². The smallest absolute Gasteiger partial charge is 0.0785 e. The van der Waals surface area contributed by atoms with Gasteiger partial charge >= 0.3 is 0 Å². The molecule has 4 nitrogen and oxygen atoms in total. The van der Waals surface area contributed by atoms with E-state index in [-0.39, 0.29) is 0 Å². The Kier molecular flexibility index (Phi) is 4.87. The fourth-order valence-electron chi connectivity index (χ4n) is 2.75. The van der Waals surface area contributed by atoms with Gasteiger partial charge in [-0.2, -0.15) is 5.10 Å². The molecule has 1 aliphatic rings. The van der Waals surface area contributed by atoms with Crippen molar-refractivity contribution in [3.63, 3.8) is 0 Å². The SMILES string of the molecule is CCC(O)(CC)CN1CCC(n2cc(Cl)cn2)CC1. The van der Waals surface area contributed by atoms with Gasteiger partial charge in [0.2, 0.25) is 0 Å². The number of halogens is 1. The van der Waals surface area contributed by atoms with Gasteiger partial charge in [0.25, 0.3) is 0 Å². The van der Waals surface area contributed by atoms with E-state index in [0.717, 1.165) is 45.3 Å². The van der Waals surface area contributed by atoms with Crippen LogP contribution in [0.25, 0.3) is 0 Å². The molecule has 108 valence electrons. The topological polar surface area (TPSA) is 41.3 Å². The number of aliphatic hydroxyl groups is 1. The van der Waals surface area contributed by atoms with Crippen LogP contribution in [0.5, 0.6) is 0 Å². The highest BCUT2D eigenvalue weighted by Gasteiger charge is 2.28. The van der Waals surface area contributed by atoms with Crippen LogP contribution in [0.3, 0.4) is 0 Å². The van der Waals surface area contributed by atoms with Crippen LogP contribution in [0.4, 0.5) is 0 Å². The standard InChI is InChI=1S/C14H24ClN3O/c1-3-14(19,4-2)11-17-7-5-13(6-8-17)18-10-12(15)9-16-18/h9-10,13,19H,3-8,11H2,1-2H3. The molecule has 1 fully saturated rings. The van der Waals surface area contributed by atoms with E-state index in [4.69, 9.17) is 11.6 Å². The average molecular weight is 286 g/mol. The molecule has 19 heavy (non-hydrogen) atoms. The number of β-amino-alcohol motifs (C(OH)–C–C–N with tert-alkyl or cyclic N) is 1. The van der Waals surface area contributed by atoms with Crippen LogP contribution in [0.2, 0.25) is 5.02 Å². The lowest BCUT2D eigenvalue weighted by atomic mass is 9.95. The molecule has 0 spiro atoms. The van der Waals surface area contributed by atoms with E-state index < -0.39 is 5.60 Å². The Bertz CT molecular complexity index is 395. The minimum atomic E-state index is -0.526. The third kappa shape index (κ3) is 3.71. The van der Waals surface area contributed by atoms with Gasteiger partial charge in [-0.05, 0) is 25.7 Å². The monoisotopic (exact) mass is 285 g/mol. The maximum Gasteiger partial charge on any atom is 0.0785 e. The van der Waals surface area contributed by atoms with Crippen LogP contribution in [0.1, 0.15) is 45.6 Å². The number of piperidine rings is 1. The van der Waals surface area contributed by atoms with Crippen molar-refractivity contribution >= 4 is 11.6 Å². The molecule has 0 radical (unpaired) electrons. The first-order valence-electron chi connectivity index (χ1n) is 7.20. The van der Waals surface area contributed by atoms with E-state index in [9.17, 15) is 5.11 Å². The molecule has 0 unspecified atom stereocenters. The van der Waals surface area contributed by atoms with Crippen LogP contribution < -0.4 is 0 Å². The molecule has 1 aromatic heterocycles. The zero-order valence-electron chi connectivity index (χ0n) is 11.8. The molecule has 0 saturated carbocycles. The second-order valence-corrected chi connectivity index (χ2v) is 6.01. The van der Waals surface area contributed by atoms with Crippen LogP contribution in [-0.2, 0) is 0 Å². The highest BCUT2D eigenvalue weighted by atomic mass is 35.5.